The van der Waals surface area contributed by atoms with E-state index in [2.05, 4.69) is 17.1 Å². The van der Waals surface area contributed by atoms with Gasteiger partial charge in [-0.05, 0) is 39.2 Å². The van der Waals surface area contributed by atoms with E-state index in [-0.39, 0.29) is 5.91 Å². The number of hydrogen-bond acceptors (Lipinski definition) is 4. The van der Waals surface area contributed by atoms with Gasteiger partial charge in [0.2, 0.25) is 5.91 Å². The predicted octanol–water partition coefficient (Wildman–Crippen LogP) is 0.483. The van der Waals surface area contributed by atoms with Crippen LogP contribution in [0.3, 0.4) is 0 Å². The molecule has 2 fully saturated rings. The second kappa shape index (κ2) is 6.20. The van der Waals surface area contributed by atoms with Crippen LogP contribution in [0.2, 0.25) is 0 Å². The number of morpholine rings is 1. The van der Waals surface area contributed by atoms with Gasteiger partial charge in [-0.25, -0.2) is 0 Å². The summed E-state index contributed by atoms with van der Waals surface area (Å²) >= 11 is 0. The lowest BCUT2D eigenvalue weighted by Gasteiger charge is -2.46. The first-order valence-electron chi connectivity index (χ1n) is 7.47. The average Bonchev–Trinajstić information content (AvgIpc) is 2.39. The summed E-state index contributed by atoms with van der Waals surface area (Å²) in [4.78, 5) is 14.4. The summed E-state index contributed by atoms with van der Waals surface area (Å²) in [5.41, 5.74) is 5.17. The fourth-order valence-electron chi connectivity index (χ4n) is 3.62. The normalized spacial score (nSPS) is 37.2. The van der Waals surface area contributed by atoms with Crippen LogP contribution in [0.5, 0.6) is 0 Å². The fraction of sp³-hybridized carbons (Fsp3) is 0.929. The summed E-state index contributed by atoms with van der Waals surface area (Å²) in [6.07, 6.45) is 3.92. The van der Waals surface area contributed by atoms with E-state index in [4.69, 9.17) is 10.5 Å². The van der Waals surface area contributed by atoms with Crippen LogP contribution in [-0.4, -0.2) is 54.7 Å². The molecular formula is C14H27N3O2. The largest absolute Gasteiger partial charge is 0.379 e. The lowest BCUT2D eigenvalue weighted by Crippen LogP contribution is -2.62. The van der Waals surface area contributed by atoms with Crippen LogP contribution in [0.1, 0.15) is 39.5 Å². The highest BCUT2D eigenvalue weighted by Gasteiger charge is 2.43. The number of nitrogens with two attached hydrogens (primary N) is 1. The average molecular weight is 269 g/mol. The van der Waals surface area contributed by atoms with E-state index in [1.165, 1.54) is 0 Å². The number of nitrogens with zero attached hydrogens (tertiary/aromatic N) is 1. The highest BCUT2D eigenvalue weighted by molar-refractivity contribution is 5.84. The molecule has 2 rings (SSSR count). The highest BCUT2D eigenvalue weighted by Crippen LogP contribution is 2.32. The molecule has 0 aromatic rings. The molecule has 110 valence electrons. The van der Waals surface area contributed by atoms with E-state index < -0.39 is 5.54 Å². The van der Waals surface area contributed by atoms with Crippen LogP contribution < -0.4 is 11.1 Å². The first-order valence-corrected chi connectivity index (χ1v) is 7.47. The minimum Gasteiger partial charge on any atom is -0.379 e. The zero-order chi connectivity index (χ0) is 13.9. The molecule has 3 unspecified atom stereocenters. The molecule has 1 aliphatic carbocycles. The van der Waals surface area contributed by atoms with Gasteiger partial charge in [0.25, 0.3) is 0 Å². The Morgan fingerprint density at radius 2 is 2.37 bits per heavy atom. The Bertz CT molecular complexity index is 320. The van der Waals surface area contributed by atoms with Gasteiger partial charge in [-0.2, -0.15) is 0 Å². The van der Waals surface area contributed by atoms with Gasteiger partial charge in [-0.3, -0.25) is 9.69 Å². The molecule has 1 saturated heterocycles. The van der Waals surface area contributed by atoms with Crippen molar-refractivity contribution in [1.82, 2.24) is 10.2 Å². The molecule has 0 spiro atoms. The van der Waals surface area contributed by atoms with Crippen molar-refractivity contribution < 1.29 is 9.53 Å². The number of hydrogen-bond donors (Lipinski definition) is 2. The molecule has 3 atom stereocenters. The van der Waals surface area contributed by atoms with Crippen molar-refractivity contribution in [2.75, 3.05) is 26.3 Å². The van der Waals surface area contributed by atoms with Crippen molar-refractivity contribution in [2.45, 2.75) is 57.2 Å². The Labute approximate surface area is 115 Å². The van der Waals surface area contributed by atoms with Crippen LogP contribution in [0.25, 0.3) is 0 Å². The second-order valence-electron chi connectivity index (χ2n) is 5.89. The first-order chi connectivity index (χ1) is 9.09. The number of likely N-dealkylation sites (N-methyl/N-ethyl adjacent to an activating group) is 1. The molecule has 1 saturated carbocycles. The SMILES string of the molecule is CCNC1(C(N)=O)CCCC(N2CCOCC2C)C1. The van der Waals surface area contributed by atoms with Crippen molar-refractivity contribution in [1.29, 1.82) is 0 Å². The molecule has 0 radical (unpaired) electrons. The maximum absolute atomic E-state index is 11.9. The second-order valence-corrected chi connectivity index (χ2v) is 5.89. The van der Waals surface area contributed by atoms with Crippen LogP contribution in [0, 0.1) is 0 Å². The van der Waals surface area contributed by atoms with Gasteiger partial charge >= 0.3 is 0 Å². The van der Waals surface area contributed by atoms with Crippen LogP contribution in [-0.2, 0) is 9.53 Å². The predicted molar refractivity (Wildman–Crippen MR) is 74.8 cm³/mol. The molecule has 3 N–H and O–H groups in total. The van der Waals surface area contributed by atoms with Gasteiger partial charge in [-0.15, -0.1) is 0 Å². The Balaban J connectivity index is 2.08. The summed E-state index contributed by atoms with van der Waals surface area (Å²) in [5.74, 6) is -0.194. The number of amides is 1. The Morgan fingerprint density at radius 1 is 1.58 bits per heavy atom. The topological polar surface area (TPSA) is 67.6 Å². The molecule has 1 amide bonds. The van der Waals surface area contributed by atoms with Gasteiger partial charge in [0.15, 0.2) is 0 Å². The minimum absolute atomic E-state index is 0.194. The maximum Gasteiger partial charge on any atom is 0.237 e. The fourth-order valence-corrected chi connectivity index (χ4v) is 3.62. The summed E-state index contributed by atoms with van der Waals surface area (Å²) in [6, 6.07) is 0.878. The smallest absolute Gasteiger partial charge is 0.237 e. The van der Waals surface area contributed by atoms with Gasteiger partial charge < -0.3 is 15.8 Å². The summed E-state index contributed by atoms with van der Waals surface area (Å²) < 4.78 is 5.50. The summed E-state index contributed by atoms with van der Waals surface area (Å²) in [7, 11) is 0. The molecule has 2 aliphatic rings. The first kappa shape index (κ1) is 14.8. The minimum atomic E-state index is -0.504. The van der Waals surface area contributed by atoms with Crippen LogP contribution in [0.4, 0.5) is 0 Å². The van der Waals surface area contributed by atoms with Crippen molar-refractivity contribution in [3.8, 4) is 0 Å². The number of carbonyl (C=O) groups is 1. The van der Waals surface area contributed by atoms with E-state index in [1.807, 2.05) is 6.92 Å². The molecule has 5 nitrogen and oxygen atoms in total. The Morgan fingerprint density at radius 3 is 3.00 bits per heavy atom. The zero-order valence-electron chi connectivity index (χ0n) is 12.2. The third-order valence-corrected chi connectivity index (χ3v) is 4.60. The number of nitrogens with one attached hydrogen (secondary N) is 1. The quantitative estimate of drug-likeness (QED) is 0.779. The molecular weight excluding hydrogens is 242 g/mol. The Kier molecular flexibility index (Phi) is 4.81. The highest BCUT2D eigenvalue weighted by atomic mass is 16.5. The van der Waals surface area contributed by atoms with Crippen molar-refractivity contribution in [3.05, 3.63) is 0 Å². The number of ether oxygens (including phenoxy) is 1. The number of primary amides is 1. The number of rotatable bonds is 4. The molecule has 19 heavy (non-hydrogen) atoms. The van der Waals surface area contributed by atoms with E-state index in [9.17, 15) is 4.79 Å². The van der Waals surface area contributed by atoms with Crippen LogP contribution >= 0.6 is 0 Å². The molecule has 0 aromatic heterocycles. The lowest BCUT2D eigenvalue weighted by atomic mass is 9.77. The van der Waals surface area contributed by atoms with Gasteiger partial charge in [0.1, 0.15) is 0 Å². The van der Waals surface area contributed by atoms with Crippen molar-refractivity contribution in [2.24, 2.45) is 5.73 Å². The van der Waals surface area contributed by atoms with E-state index in [1.54, 1.807) is 0 Å². The summed E-state index contributed by atoms with van der Waals surface area (Å²) in [5, 5.41) is 3.35. The Hall–Kier alpha value is -0.650. The molecule has 0 aromatic carbocycles. The van der Waals surface area contributed by atoms with Gasteiger partial charge in [0, 0.05) is 18.6 Å². The van der Waals surface area contributed by atoms with Gasteiger partial charge in [-0.1, -0.05) is 6.92 Å². The molecule has 5 heteroatoms. The van der Waals surface area contributed by atoms with Crippen molar-refractivity contribution >= 4 is 5.91 Å². The summed E-state index contributed by atoms with van der Waals surface area (Å²) in [6.45, 7) is 7.58. The number of carbonyl (C=O) groups excluding carboxylic acids is 1. The monoisotopic (exact) mass is 269 g/mol. The zero-order valence-corrected chi connectivity index (χ0v) is 12.2. The molecule has 1 aliphatic heterocycles. The van der Waals surface area contributed by atoms with Gasteiger partial charge in [0.05, 0.1) is 18.8 Å². The molecule has 0 bridgehead atoms. The van der Waals surface area contributed by atoms with Crippen molar-refractivity contribution in [3.63, 3.8) is 0 Å². The van der Waals surface area contributed by atoms with Crippen LogP contribution in [0.15, 0.2) is 0 Å². The third-order valence-electron chi connectivity index (χ3n) is 4.60. The van der Waals surface area contributed by atoms with E-state index in [0.29, 0.717) is 12.1 Å². The molecule has 1 heterocycles. The standard InChI is InChI=1S/C14H27N3O2/c1-3-16-14(13(15)18)6-4-5-12(9-14)17-7-8-19-10-11(17)2/h11-12,16H,3-10H2,1-2H3,(H2,15,18). The third kappa shape index (κ3) is 3.09. The lowest BCUT2D eigenvalue weighted by molar-refractivity contribution is -0.127. The van der Waals surface area contributed by atoms with E-state index >= 15 is 0 Å². The van der Waals surface area contributed by atoms with E-state index in [0.717, 1.165) is 52.0 Å². The maximum atomic E-state index is 11.9.